The molecule has 0 N–H and O–H groups in total. The van der Waals surface area contributed by atoms with E-state index in [1.807, 2.05) is 6.07 Å². The van der Waals surface area contributed by atoms with Gasteiger partial charge in [-0.1, -0.05) is 0 Å². The Morgan fingerprint density at radius 1 is 1.19 bits per heavy atom. The Kier molecular flexibility index (Phi) is 5.61. The van der Waals surface area contributed by atoms with Crippen LogP contribution in [0, 0.1) is 27.7 Å². The molecule has 1 fully saturated rings. The van der Waals surface area contributed by atoms with Crippen LogP contribution in [0.15, 0.2) is 48.9 Å². The van der Waals surface area contributed by atoms with Crippen LogP contribution in [0.4, 0.5) is 14.5 Å². The molecule has 0 radical (unpaired) electrons. The second kappa shape index (κ2) is 8.50. The first-order valence-electron chi connectivity index (χ1n) is 9.53. The van der Waals surface area contributed by atoms with Crippen LogP contribution in [0.5, 0.6) is 0 Å². The molecule has 158 valence electrons. The van der Waals surface area contributed by atoms with Gasteiger partial charge in [0.2, 0.25) is 5.91 Å². The quantitative estimate of drug-likeness (QED) is 0.444. The summed E-state index contributed by atoms with van der Waals surface area (Å²) in [6, 6.07) is 7.27. The highest BCUT2D eigenvalue weighted by Crippen LogP contribution is 2.27. The lowest BCUT2D eigenvalue weighted by Crippen LogP contribution is -2.51. The first kappa shape index (κ1) is 20.5. The van der Waals surface area contributed by atoms with Crippen LogP contribution in [-0.2, 0) is 17.6 Å². The molecule has 0 unspecified atom stereocenters. The summed E-state index contributed by atoms with van der Waals surface area (Å²) < 4.78 is 27.3. The minimum atomic E-state index is -0.839. The molecule has 0 spiro atoms. The number of amides is 1. The van der Waals surface area contributed by atoms with E-state index in [1.165, 1.54) is 24.5 Å². The number of hydrogen-bond donors (Lipinski definition) is 0. The highest BCUT2D eigenvalue weighted by molar-refractivity contribution is 5.80. The molecule has 8 nitrogen and oxygen atoms in total. The van der Waals surface area contributed by atoms with Gasteiger partial charge < -0.3 is 4.90 Å². The van der Waals surface area contributed by atoms with E-state index in [0.717, 1.165) is 11.8 Å². The highest BCUT2D eigenvalue weighted by atomic mass is 19.1. The fraction of sp³-hybridized carbons (Fsp3) is 0.238. The van der Waals surface area contributed by atoms with E-state index in [4.69, 9.17) is 0 Å². The van der Waals surface area contributed by atoms with Crippen LogP contribution in [0.2, 0.25) is 0 Å². The van der Waals surface area contributed by atoms with Gasteiger partial charge in [-0.05, 0) is 36.6 Å². The Hall–Kier alpha value is -3.82. The number of carbonyl (C=O) groups is 1. The number of pyridine rings is 1. The molecule has 2 aromatic heterocycles. The van der Waals surface area contributed by atoms with Crippen LogP contribution in [0.25, 0.3) is 11.3 Å². The van der Waals surface area contributed by atoms with Crippen molar-refractivity contribution in [3.05, 3.63) is 82.1 Å². The summed E-state index contributed by atoms with van der Waals surface area (Å²) in [5.41, 5.74) is 0.599. The van der Waals surface area contributed by atoms with Crippen molar-refractivity contribution in [2.75, 3.05) is 13.1 Å². The van der Waals surface area contributed by atoms with E-state index >= 15 is 0 Å². The summed E-state index contributed by atoms with van der Waals surface area (Å²) in [5.74, 6) is -1.63. The second-order valence-electron chi connectivity index (χ2n) is 7.29. The number of halogens is 2. The van der Waals surface area contributed by atoms with Gasteiger partial charge in [0.05, 0.1) is 17.0 Å². The maximum Gasteiger partial charge on any atom is 0.291 e. The van der Waals surface area contributed by atoms with E-state index < -0.39 is 16.6 Å². The third kappa shape index (κ3) is 4.52. The third-order valence-electron chi connectivity index (χ3n) is 5.12. The molecule has 0 aliphatic carbocycles. The van der Waals surface area contributed by atoms with Gasteiger partial charge in [0.1, 0.15) is 23.7 Å². The summed E-state index contributed by atoms with van der Waals surface area (Å²) in [4.78, 5) is 37.2. The maximum absolute atomic E-state index is 14.1. The molecule has 1 aromatic carbocycles. The summed E-state index contributed by atoms with van der Waals surface area (Å²) in [6.45, 7) is 1.03. The number of carbonyl (C=O) groups excluding carboxylic acids is 1. The Labute approximate surface area is 175 Å². The number of benzene rings is 1. The standard InChI is InChI=1S/C21H17F2N5O3/c22-14-1-2-16(17(23)8-14)18-3-4-20(28(30)31)19(26-18)9-21(29)27-10-13(11-27)7-15-5-6-24-12-25-15/h1-6,8,12-13H,7,9-11H2. The zero-order valence-electron chi connectivity index (χ0n) is 16.2. The number of likely N-dealkylation sites (tertiary alicyclic amines) is 1. The van der Waals surface area contributed by atoms with E-state index in [9.17, 15) is 23.7 Å². The molecule has 0 atom stereocenters. The molecule has 4 rings (SSSR count). The van der Waals surface area contributed by atoms with Gasteiger partial charge in [-0.2, -0.15) is 0 Å². The number of nitrogens with zero attached hydrogens (tertiary/aromatic N) is 5. The SMILES string of the molecule is O=C(Cc1nc(-c2ccc(F)cc2F)ccc1[N+](=O)[O-])N1CC(Cc2ccncn2)C1. The summed E-state index contributed by atoms with van der Waals surface area (Å²) in [5, 5.41) is 11.4. The molecule has 1 amide bonds. The fourth-order valence-electron chi connectivity index (χ4n) is 3.53. The van der Waals surface area contributed by atoms with Crippen molar-refractivity contribution in [3.8, 4) is 11.3 Å². The van der Waals surface area contributed by atoms with Gasteiger partial charge in [0, 0.05) is 42.7 Å². The van der Waals surface area contributed by atoms with Gasteiger partial charge in [0.25, 0.3) is 5.69 Å². The molecular formula is C21H17F2N5O3. The van der Waals surface area contributed by atoms with Gasteiger partial charge in [-0.3, -0.25) is 14.9 Å². The third-order valence-corrected chi connectivity index (χ3v) is 5.12. The maximum atomic E-state index is 14.1. The smallest absolute Gasteiger partial charge is 0.291 e. The molecule has 31 heavy (non-hydrogen) atoms. The minimum absolute atomic E-state index is 0.00105. The topological polar surface area (TPSA) is 102 Å². The molecular weight excluding hydrogens is 408 g/mol. The van der Waals surface area contributed by atoms with E-state index in [1.54, 1.807) is 11.1 Å². The highest BCUT2D eigenvalue weighted by Gasteiger charge is 2.32. The molecule has 10 heteroatoms. The van der Waals surface area contributed by atoms with E-state index in [2.05, 4.69) is 15.0 Å². The van der Waals surface area contributed by atoms with Crippen LogP contribution >= 0.6 is 0 Å². The van der Waals surface area contributed by atoms with Crippen molar-refractivity contribution in [1.82, 2.24) is 19.9 Å². The Morgan fingerprint density at radius 3 is 2.68 bits per heavy atom. The van der Waals surface area contributed by atoms with Gasteiger partial charge >= 0.3 is 0 Å². The van der Waals surface area contributed by atoms with Gasteiger partial charge in [-0.25, -0.2) is 23.7 Å². The molecule has 3 heterocycles. The molecule has 1 aliphatic rings. The van der Waals surface area contributed by atoms with E-state index in [-0.39, 0.29) is 40.9 Å². The van der Waals surface area contributed by atoms with Gasteiger partial charge in [0.15, 0.2) is 0 Å². The largest absolute Gasteiger partial charge is 0.342 e. The Balaban J connectivity index is 1.48. The molecule has 1 aliphatic heterocycles. The average molecular weight is 425 g/mol. The first-order valence-corrected chi connectivity index (χ1v) is 9.53. The number of nitro groups is 1. The van der Waals surface area contributed by atoms with Crippen molar-refractivity contribution in [2.24, 2.45) is 5.92 Å². The fourth-order valence-corrected chi connectivity index (χ4v) is 3.53. The molecule has 3 aromatic rings. The summed E-state index contributed by atoms with van der Waals surface area (Å²) in [7, 11) is 0. The molecule has 0 saturated carbocycles. The zero-order valence-corrected chi connectivity index (χ0v) is 16.2. The van der Waals surface area contributed by atoms with Crippen LogP contribution in [0.1, 0.15) is 11.4 Å². The lowest BCUT2D eigenvalue weighted by atomic mass is 9.94. The average Bonchev–Trinajstić information content (AvgIpc) is 2.71. The summed E-state index contributed by atoms with van der Waals surface area (Å²) in [6.07, 6.45) is 3.56. The lowest BCUT2D eigenvalue weighted by molar-refractivity contribution is -0.385. The van der Waals surface area contributed by atoms with Crippen molar-refractivity contribution in [3.63, 3.8) is 0 Å². The predicted octanol–water partition coefficient (Wildman–Crippen LogP) is 2.97. The lowest BCUT2D eigenvalue weighted by Gasteiger charge is -2.39. The molecule has 0 bridgehead atoms. The van der Waals surface area contributed by atoms with Crippen LogP contribution < -0.4 is 0 Å². The van der Waals surface area contributed by atoms with E-state index in [0.29, 0.717) is 25.6 Å². The monoisotopic (exact) mass is 425 g/mol. The first-order chi connectivity index (χ1) is 14.9. The van der Waals surface area contributed by atoms with Gasteiger partial charge in [-0.15, -0.1) is 0 Å². The predicted molar refractivity (Wildman–Crippen MR) is 106 cm³/mol. The zero-order chi connectivity index (χ0) is 22.0. The minimum Gasteiger partial charge on any atom is -0.342 e. The number of hydrogen-bond acceptors (Lipinski definition) is 6. The Bertz CT molecular complexity index is 1140. The second-order valence-corrected chi connectivity index (χ2v) is 7.29. The van der Waals surface area contributed by atoms with Crippen LogP contribution in [-0.4, -0.2) is 43.8 Å². The van der Waals surface area contributed by atoms with Crippen molar-refractivity contribution in [2.45, 2.75) is 12.8 Å². The molecule has 1 saturated heterocycles. The normalized spacial score (nSPS) is 13.7. The Morgan fingerprint density at radius 2 is 2.00 bits per heavy atom. The van der Waals surface area contributed by atoms with Crippen molar-refractivity contribution < 1.29 is 18.5 Å². The number of aromatic nitrogens is 3. The summed E-state index contributed by atoms with van der Waals surface area (Å²) >= 11 is 0. The van der Waals surface area contributed by atoms with Crippen molar-refractivity contribution >= 4 is 11.6 Å². The van der Waals surface area contributed by atoms with Crippen molar-refractivity contribution in [1.29, 1.82) is 0 Å². The number of rotatable bonds is 6. The van der Waals surface area contributed by atoms with Crippen LogP contribution in [0.3, 0.4) is 0 Å².